The second-order valence-corrected chi connectivity index (χ2v) is 5.76. The largest absolute Gasteiger partial charge is 0.365 e. The highest BCUT2D eigenvalue weighted by atomic mass is 79.9. The summed E-state index contributed by atoms with van der Waals surface area (Å²) in [5.41, 5.74) is 0.946. The smallest absolute Gasteiger partial charge is 0.137 e. The maximum Gasteiger partial charge on any atom is 0.137 e. The maximum absolute atomic E-state index is 4.31. The van der Waals surface area contributed by atoms with Crippen LogP contribution < -0.4 is 5.32 Å². The lowest BCUT2D eigenvalue weighted by Gasteiger charge is -2.07. The number of halogens is 1. The highest BCUT2D eigenvalue weighted by Crippen LogP contribution is 2.24. The molecule has 3 nitrogen and oxygen atoms in total. The molecule has 1 N–H and O–H groups in total. The molecule has 0 saturated carbocycles. The first kappa shape index (κ1) is 11.6. The highest BCUT2D eigenvalue weighted by Gasteiger charge is 2.04. The van der Waals surface area contributed by atoms with Crippen molar-refractivity contribution in [3.63, 3.8) is 0 Å². The molecule has 5 heteroatoms. The monoisotopic (exact) mass is 319 g/mol. The van der Waals surface area contributed by atoms with Gasteiger partial charge >= 0.3 is 0 Å². The summed E-state index contributed by atoms with van der Waals surface area (Å²) in [5, 5.41) is 6.46. The van der Waals surface area contributed by atoms with Gasteiger partial charge in [-0.25, -0.2) is 9.97 Å². The number of hydrogen-bond acceptors (Lipinski definition) is 4. The van der Waals surface area contributed by atoms with Gasteiger partial charge in [0, 0.05) is 14.7 Å². The second-order valence-electron chi connectivity index (χ2n) is 3.82. The second kappa shape index (κ2) is 5.04. The summed E-state index contributed by atoms with van der Waals surface area (Å²) in [7, 11) is 0. The van der Waals surface area contributed by atoms with E-state index in [-0.39, 0.29) is 0 Å². The van der Waals surface area contributed by atoms with E-state index in [1.807, 2.05) is 18.2 Å². The average molecular weight is 320 g/mol. The molecular weight excluding hydrogens is 310 g/mol. The van der Waals surface area contributed by atoms with Gasteiger partial charge in [0.1, 0.15) is 12.1 Å². The van der Waals surface area contributed by atoms with Crippen molar-refractivity contribution < 1.29 is 0 Å². The van der Waals surface area contributed by atoms with Crippen LogP contribution in [0.1, 0.15) is 4.88 Å². The van der Waals surface area contributed by atoms with E-state index < -0.39 is 0 Å². The molecule has 0 atom stereocenters. The molecular formula is C13H10BrN3S. The normalized spacial score (nSPS) is 10.7. The molecule has 0 fully saturated rings. The van der Waals surface area contributed by atoms with E-state index in [0.29, 0.717) is 0 Å². The van der Waals surface area contributed by atoms with Crippen LogP contribution >= 0.6 is 27.3 Å². The van der Waals surface area contributed by atoms with E-state index >= 15 is 0 Å². The Morgan fingerprint density at radius 2 is 2.17 bits per heavy atom. The molecule has 3 rings (SSSR count). The summed E-state index contributed by atoms with van der Waals surface area (Å²) >= 11 is 5.21. The summed E-state index contributed by atoms with van der Waals surface area (Å²) in [6.45, 7) is 0.788. The van der Waals surface area contributed by atoms with Crippen LogP contribution in [0, 0.1) is 0 Å². The van der Waals surface area contributed by atoms with E-state index in [1.165, 1.54) is 4.88 Å². The molecule has 0 spiro atoms. The maximum atomic E-state index is 4.31. The van der Waals surface area contributed by atoms with Gasteiger partial charge in [-0.05, 0) is 29.6 Å². The zero-order chi connectivity index (χ0) is 12.4. The van der Waals surface area contributed by atoms with Crippen LogP contribution in [0.25, 0.3) is 10.9 Å². The number of thiophene rings is 1. The van der Waals surface area contributed by atoms with Gasteiger partial charge in [-0.15, -0.1) is 11.3 Å². The van der Waals surface area contributed by atoms with Gasteiger partial charge < -0.3 is 5.32 Å². The predicted octanol–water partition coefficient (Wildman–Crippen LogP) is 4.07. The first-order chi connectivity index (χ1) is 8.83. The van der Waals surface area contributed by atoms with Gasteiger partial charge in [0.15, 0.2) is 0 Å². The summed E-state index contributed by atoms with van der Waals surface area (Å²) in [4.78, 5) is 9.86. The minimum Gasteiger partial charge on any atom is -0.365 e. The third-order valence-electron chi connectivity index (χ3n) is 2.61. The molecule has 3 aromatic rings. The molecule has 0 aliphatic heterocycles. The Balaban J connectivity index is 1.93. The topological polar surface area (TPSA) is 37.8 Å². The molecule has 18 heavy (non-hydrogen) atoms. The third-order valence-corrected chi connectivity index (χ3v) is 3.98. The van der Waals surface area contributed by atoms with Crippen LogP contribution in [0.3, 0.4) is 0 Å². The van der Waals surface area contributed by atoms with Gasteiger partial charge in [-0.1, -0.05) is 22.0 Å². The van der Waals surface area contributed by atoms with Crippen molar-refractivity contribution >= 4 is 44.0 Å². The molecule has 0 unspecified atom stereocenters. The lowest BCUT2D eigenvalue weighted by Crippen LogP contribution is -2.01. The Morgan fingerprint density at radius 1 is 1.22 bits per heavy atom. The fourth-order valence-corrected chi connectivity index (χ4v) is 2.76. The number of nitrogens with zero attached hydrogens (tertiary/aromatic N) is 2. The lowest BCUT2D eigenvalue weighted by molar-refractivity contribution is 1.13. The van der Waals surface area contributed by atoms with Crippen LogP contribution in [-0.4, -0.2) is 9.97 Å². The number of benzene rings is 1. The van der Waals surface area contributed by atoms with E-state index in [4.69, 9.17) is 0 Å². The number of rotatable bonds is 3. The zero-order valence-electron chi connectivity index (χ0n) is 9.43. The standard InChI is InChI=1S/C13H10BrN3S/c14-9-3-4-12-11(6-9)13(17-8-16-12)15-7-10-2-1-5-18-10/h1-6,8H,7H2,(H,15,16,17). The molecule has 1 aromatic carbocycles. The molecule has 2 aromatic heterocycles. The van der Waals surface area contributed by atoms with Crippen molar-refractivity contribution in [3.8, 4) is 0 Å². The first-order valence-corrected chi connectivity index (χ1v) is 7.17. The molecule has 90 valence electrons. The van der Waals surface area contributed by atoms with Crippen molar-refractivity contribution in [3.05, 3.63) is 51.4 Å². The molecule has 0 aliphatic rings. The van der Waals surface area contributed by atoms with Crippen molar-refractivity contribution in [2.24, 2.45) is 0 Å². The number of aromatic nitrogens is 2. The number of nitrogens with one attached hydrogen (secondary N) is 1. The highest BCUT2D eigenvalue weighted by molar-refractivity contribution is 9.10. The lowest BCUT2D eigenvalue weighted by atomic mass is 10.2. The van der Waals surface area contributed by atoms with Crippen molar-refractivity contribution in [2.75, 3.05) is 5.32 Å². The molecule has 2 heterocycles. The fraction of sp³-hybridized carbons (Fsp3) is 0.0769. The molecule has 0 saturated heterocycles. The molecule has 0 amide bonds. The van der Waals surface area contributed by atoms with Crippen LogP contribution in [0.5, 0.6) is 0 Å². The van der Waals surface area contributed by atoms with Gasteiger partial charge in [0.05, 0.1) is 12.1 Å². The van der Waals surface area contributed by atoms with Crippen LogP contribution in [0.2, 0.25) is 0 Å². The minimum absolute atomic E-state index is 0.788. The van der Waals surface area contributed by atoms with Crippen molar-refractivity contribution in [2.45, 2.75) is 6.54 Å². The van der Waals surface area contributed by atoms with Crippen molar-refractivity contribution in [1.29, 1.82) is 0 Å². The number of anilines is 1. The average Bonchev–Trinajstić information content (AvgIpc) is 2.89. The van der Waals surface area contributed by atoms with Crippen molar-refractivity contribution in [1.82, 2.24) is 9.97 Å². The number of hydrogen-bond donors (Lipinski definition) is 1. The summed E-state index contributed by atoms with van der Waals surface area (Å²) < 4.78 is 1.03. The molecule has 0 radical (unpaired) electrons. The van der Waals surface area contributed by atoms with E-state index in [9.17, 15) is 0 Å². The van der Waals surface area contributed by atoms with Crippen LogP contribution in [0.15, 0.2) is 46.5 Å². The predicted molar refractivity (Wildman–Crippen MR) is 78.9 cm³/mol. The third kappa shape index (κ3) is 2.37. The van der Waals surface area contributed by atoms with E-state index in [1.54, 1.807) is 17.7 Å². The Morgan fingerprint density at radius 3 is 3.00 bits per heavy atom. The van der Waals surface area contributed by atoms with E-state index in [0.717, 1.165) is 27.7 Å². The quantitative estimate of drug-likeness (QED) is 0.790. The minimum atomic E-state index is 0.788. The number of fused-ring (bicyclic) bond motifs is 1. The molecule has 0 bridgehead atoms. The fourth-order valence-electron chi connectivity index (χ4n) is 1.75. The summed E-state index contributed by atoms with van der Waals surface area (Å²) in [6, 6.07) is 10.2. The summed E-state index contributed by atoms with van der Waals surface area (Å²) in [5.74, 6) is 0.870. The Hall–Kier alpha value is -1.46. The zero-order valence-corrected chi connectivity index (χ0v) is 11.8. The molecule has 0 aliphatic carbocycles. The van der Waals surface area contributed by atoms with Gasteiger partial charge in [0.25, 0.3) is 0 Å². The van der Waals surface area contributed by atoms with Gasteiger partial charge in [-0.3, -0.25) is 0 Å². The Bertz CT molecular complexity index is 667. The Kier molecular flexibility index (Phi) is 3.25. The summed E-state index contributed by atoms with van der Waals surface area (Å²) in [6.07, 6.45) is 1.59. The SMILES string of the molecule is Brc1ccc2ncnc(NCc3cccs3)c2c1. The van der Waals surface area contributed by atoms with Crippen LogP contribution in [0.4, 0.5) is 5.82 Å². The van der Waals surface area contributed by atoms with Gasteiger partial charge in [-0.2, -0.15) is 0 Å². The first-order valence-electron chi connectivity index (χ1n) is 5.49. The van der Waals surface area contributed by atoms with Crippen LogP contribution in [-0.2, 0) is 6.54 Å². The van der Waals surface area contributed by atoms with Gasteiger partial charge in [0.2, 0.25) is 0 Å². The Labute approximate surface area is 117 Å². The van der Waals surface area contributed by atoms with E-state index in [2.05, 4.69) is 48.7 Å².